The van der Waals surface area contributed by atoms with Crippen molar-refractivity contribution < 1.29 is 0 Å². The summed E-state index contributed by atoms with van der Waals surface area (Å²) in [7, 11) is 2.22. The zero-order chi connectivity index (χ0) is 12.8. The topological polar surface area (TPSA) is 15.3 Å². The van der Waals surface area contributed by atoms with Gasteiger partial charge >= 0.3 is 0 Å². The van der Waals surface area contributed by atoms with Crippen molar-refractivity contribution in [3.05, 3.63) is 35.4 Å². The lowest BCUT2D eigenvalue weighted by atomic mass is 10.1. The normalized spacial score (nSPS) is 15.3. The fourth-order valence-electron chi connectivity index (χ4n) is 2.26. The number of unbranched alkanes of at least 4 members (excludes halogenated alkanes) is 1. The number of nitrogens with zero attached hydrogens (tertiary/aromatic N) is 1. The average molecular weight is 246 g/mol. The molecule has 0 bridgehead atoms. The first kappa shape index (κ1) is 13.6. The molecular weight excluding hydrogens is 220 g/mol. The average Bonchev–Trinajstić information content (AvgIpc) is 3.16. The fourth-order valence-corrected chi connectivity index (χ4v) is 2.26. The van der Waals surface area contributed by atoms with Crippen LogP contribution in [0.25, 0.3) is 0 Å². The maximum atomic E-state index is 3.57. The van der Waals surface area contributed by atoms with E-state index in [0.29, 0.717) is 0 Å². The van der Waals surface area contributed by atoms with E-state index in [9.17, 15) is 0 Å². The van der Waals surface area contributed by atoms with Crippen LogP contribution >= 0.6 is 0 Å². The molecule has 0 saturated heterocycles. The van der Waals surface area contributed by atoms with Crippen LogP contribution < -0.4 is 5.32 Å². The Labute approximate surface area is 111 Å². The minimum absolute atomic E-state index is 0.856. The highest BCUT2D eigenvalue weighted by Crippen LogP contribution is 2.18. The van der Waals surface area contributed by atoms with E-state index in [1.54, 1.807) is 0 Å². The Kier molecular flexibility index (Phi) is 5.21. The Hall–Kier alpha value is -0.860. The maximum absolute atomic E-state index is 3.57. The molecule has 2 nitrogen and oxygen atoms in total. The van der Waals surface area contributed by atoms with E-state index in [0.717, 1.165) is 12.6 Å². The third-order valence-corrected chi connectivity index (χ3v) is 3.68. The molecule has 1 aliphatic rings. The van der Waals surface area contributed by atoms with Crippen molar-refractivity contribution in [2.24, 2.45) is 0 Å². The van der Waals surface area contributed by atoms with Crippen molar-refractivity contribution in [2.45, 2.75) is 45.2 Å². The second kappa shape index (κ2) is 6.91. The molecule has 1 aromatic rings. The van der Waals surface area contributed by atoms with E-state index in [1.165, 1.54) is 49.9 Å². The summed E-state index contributed by atoms with van der Waals surface area (Å²) >= 11 is 0. The van der Waals surface area contributed by atoms with Gasteiger partial charge in [-0.1, -0.05) is 24.3 Å². The molecule has 0 aromatic heterocycles. The molecule has 0 amide bonds. The molecule has 1 N–H and O–H groups in total. The number of nitrogens with one attached hydrogen (secondary N) is 1. The first-order chi connectivity index (χ1) is 8.75. The third kappa shape index (κ3) is 4.79. The first-order valence-corrected chi connectivity index (χ1v) is 7.22. The van der Waals surface area contributed by atoms with Crippen molar-refractivity contribution in [1.82, 2.24) is 10.2 Å². The van der Waals surface area contributed by atoms with Gasteiger partial charge in [0.05, 0.1) is 0 Å². The van der Waals surface area contributed by atoms with E-state index >= 15 is 0 Å². The van der Waals surface area contributed by atoms with Crippen LogP contribution in [0.2, 0.25) is 0 Å². The van der Waals surface area contributed by atoms with Crippen LogP contribution in [0.4, 0.5) is 0 Å². The van der Waals surface area contributed by atoms with Gasteiger partial charge in [0.1, 0.15) is 0 Å². The summed E-state index contributed by atoms with van der Waals surface area (Å²) in [4.78, 5) is 2.43. The van der Waals surface area contributed by atoms with Gasteiger partial charge in [0, 0.05) is 12.6 Å². The van der Waals surface area contributed by atoms with Crippen molar-refractivity contribution >= 4 is 0 Å². The molecule has 1 saturated carbocycles. The van der Waals surface area contributed by atoms with E-state index < -0.39 is 0 Å². The molecule has 0 radical (unpaired) electrons. The molecule has 100 valence electrons. The Morgan fingerprint density at radius 2 is 2.00 bits per heavy atom. The highest BCUT2D eigenvalue weighted by atomic mass is 15.1. The largest absolute Gasteiger partial charge is 0.314 e. The summed E-state index contributed by atoms with van der Waals surface area (Å²) in [6, 6.07) is 9.54. The molecule has 1 aliphatic carbocycles. The third-order valence-electron chi connectivity index (χ3n) is 3.68. The molecule has 0 atom stereocenters. The smallest absolute Gasteiger partial charge is 0.0233 e. The molecule has 2 heteroatoms. The predicted molar refractivity (Wildman–Crippen MR) is 77.8 cm³/mol. The van der Waals surface area contributed by atoms with Crippen molar-refractivity contribution in [3.63, 3.8) is 0 Å². The standard InChI is InChI=1S/C16H26N2/c1-14-7-3-4-8-15(14)13-18(2)12-6-5-11-17-16-9-10-16/h3-4,7-8,16-17H,5-6,9-13H2,1-2H3. The molecular formula is C16H26N2. The van der Waals surface area contributed by atoms with Gasteiger partial charge in [0.15, 0.2) is 0 Å². The van der Waals surface area contributed by atoms with Crippen LogP contribution in [0, 0.1) is 6.92 Å². The Bertz CT molecular complexity index is 358. The van der Waals surface area contributed by atoms with Gasteiger partial charge in [-0.3, -0.25) is 0 Å². The summed E-state index contributed by atoms with van der Waals surface area (Å²) in [5, 5.41) is 3.57. The number of benzene rings is 1. The molecule has 1 fully saturated rings. The summed E-state index contributed by atoms with van der Waals surface area (Å²) in [5.41, 5.74) is 2.86. The predicted octanol–water partition coefficient (Wildman–Crippen LogP) is 2.96. The van der Waals surface area contributed by atoms with Crippen molar-refractivity contribution in [2.75, 3.05) is 20.1 Å². The lowest BCUT2D eigenvalue weighted by Crippen LogP contribution is -2.22. The Balaban J connectivity index is 1.59. The van der Waals surface area contributed by atoms with Crippen LogP contribution in [0.3, 0.4) is 0 Å². The highest BCUT2D eigenvalue weighted by Gasteiger charge is 2.19. The Morgan fingerprint density at radius 3 is 2.72 bits per heavy atom. The summed E-state index contributed by atoms with van der Waals surface area (Å²) < 4.78 is 0. The number of rotatable bonds is 8. The number of hydrogen-bond acceptors (Lipinski definition) is 2. The van der Waals surface area contributed by atoms with Crippen molar-refractivity contribution in [1.29, 1.82) is 0 Å². The SMILES string of the molecule is Cc1ccccc1CN(C)CCCCNC1CC1. The van der Waals surface area contributed by atoms with Gasteiger partial charge < -0.3 is 10.2 Å². The molecule has 18 heavy (non-hydrogen) atoms. The lowest BCUT2D eigenvalue weighted by Gasteiger charge is -2.18. The highest BCUT2D eigenvalue weighted by molar-refractivity contribution is 5.25. The first-order valence-electron chi connectivity index (χ1n) is 7.22. The van der Waals surface area contributed by atoms with E-state index in [-0.39, 0.29) is 0 Å². The Morgan fingerprint density at radius 1 is 1.22 bits per heavy atom. The zero-order valence-corrected chi connectivity index (χ0v) is 11.8. The minimum Gasteiger partial charge on any atom is -0.314 e. The molecule has 0 unspecified atom stereocenters. The number of hydrogen-bond donors (Lipinski definition) is 1. The van der Waals surface area contributed by atoms with Crippen LogP contribution in [0.1, 0.15) is 36.8 Å². The van der Waals surface area contributed by atoms with Crippen LogP contribution in [0.15, 0.2) is 24.3 Å². The van der Waals surface area contributed by atoms with Gasteiger partial charge in [0.2, 0.25) is 0 Å². The van der Waals surface area contributed by atoms with Crippen LogP contribution in [-0.4, -0.2) is 31.1 Å². The van der Waals surface area contributed by atoms with Gasteiger partial charge in [0.25, 0.3) is 0 Å². The quantitative estimate of drug-likeness (QED) is 0.709. The van der Waals surface area contributed by atoms with E-state index in [2.05, 4.69) is 48.5 Å². The van der Waals surface area contributed by atoms with Gasteiger partial charge in [-0.25, -0.2) is 0 Å². The van der Waals surface area contributed by atoms with Gasteiger partial charge in [-0.05, 0) is 63.9 Å². The van der Waals surface area contributed by atoms with E-state index in [1.807, 2.05) is 0 Å². The zero-order valence-electron chi connectivity index (χ0n) is 11.8. The summed E-state index contributed by atoms with van der Waals surface area (Å²) in [6.45, 7) is 5.66. The second-order valence-electron chi connectivity index (χ2n) is 5.60. The minimum atomic E-state index is 0.856. The van der Waals surface area contributed by atoms with Gasteiger partial charge in [-0.2, -0.15) is 0 Å². The molecule has 0 heterocycles. The molecule has 0 spiro atoms. The molecule has 1 aromatic carbocycles. The lowest BCUT2D eigenvalue weighted by molar-refractivity contribution is 0.317. The molecule has 2 rings (SSSR count). The fraction of sp³-hybridized carbons (Fsp3) is 0.625. The maximum Gasteiger partial charge on any atom is 0.0233 e. The monoisotopic (exact) mass is 246 g/mol. The van der Waals surface area contributed by atoms with Crippen LogP contribution in [0.5, 0.6) is 0 Å². The molecule has 0 aliphatic heterocycles. The summed E-state index contributed by atoms with van der Waals surface area (Å²) in [6.07, 6.45) is 5.39. The second-order valence-corrected chi connectivity index (χ2v) is 5.60. The van der Waals surface area contributed by atoms with Crippen molar-refractivity contribution in [3.8, 4) is 0 Å². The van der Waals surface area contributed by atoms with Crippen LogP contribution in [-0.2, 0) is 6.54 Å². The summed E-state index contributed by atoms with van der Waals surface area (Å²) in [5.74, 6) is 0. The van der Waals surface area contributed by atoms with Gasteiger partial charge in [-0.15, -0.1) is 0 Å². The van der Waals surface area contributed by atoms with E-state index in [4.69, 9.17) is 0 Å². The number of aryl methyl sites for hydroxylation is 1.